The van der Waals surface area contributed by atoms with Crippen LogP contribution in [0.4, 0.5) is 11.4 Å². The summed E-state index contributed by atoms with van der Waals surface area (Å²) in [4.78, 5) is 0. The fraction of sp³-hybridized carbons (Fsp3) is 0.0476. The molecule has 0 aliphatic rings. The normalized spacial score (nSPS) is 10.0. The summed E-state index contributed by atoms with van der Waals surface area (Å²) in [6, 6.07) is 25.3. The van der Waals surface area contributed by atoms with Crippen molar-refractivity contribution in [2.24, 2.45) is 0 Å². The van der Waals surface area contributed by atoms with Gasteiger partial charge in [0.1, 0.15) is 5.75 Å². The minimum absolute atomic E-state index is 0.689. The van der Waals surface area contributed by atoms with Gasteiger partial charge in [-0.2, -0.15) is 0 Å². The van der Waals surface area contributed by atoms with Crippen LogP contribution in [0.1, 0.15) is 11.1 Å². The number of benzene rings is 3. The van der Waals surface area contributed by atoms with E-state index >= 15 is 0 Å². The van der Waals surface area contributed by atoms with Gasteiger partial charge in [-0.1, -0.05) is 66.7 Å². The molecule has 3 heteroatoms. The summed E-state index contributed by atoms with van der Waals surface area (Å²) < 4.78 is 4.91. The van der Waals surface area contributed by atoms with E-state index in [0.29, 0.717) is 11.4 Å². The summed E-state index contributed by atoms with van der Waals surface area (Å²) in [5.41, 5.74) is 15.0. The predicted octanol–water partition coefficient (Wildman–Crippen LogP) is 4.72. The highest BCUT2D eigenvalue weighted by atomic mass is 16.5. The number of nitrogens with two attached hydrogens (primary N) is 2. The van der Waals surface area contributed by atoms with Gasteiger partial charge in [-0.15, -0.1) is 0 Å². The Hall–Kier alpha value is -3.20. The van der Waals surface area contributed by atoms with E-state index in [-0.39, 0.29) is 0 Å². The molecular weight excluding hydrogens is 296 g/mol. The molecule has 0 saturated heterocycles. The average Bonchev–Trinajstić information content (AvgIpc) is 2.63. The molecule has 0 bridgehead atoms. The Balaban J connectivity index is 0.000000219. The van der Waals surface area contributed by atoms with Gasteiger partial charge < -0.3 is 16.2 Å². The number of methoxy groups -OCH3 is 1. The molecule has 0 aromatic heterocycles. The fourth-order valence-corrected chi connectivity index (χ4v) is 2.05. The lowest BCUT2D eigenvalue weighted by Crippen LogP contribution is -1.92. The van der Waals surface area contributed by atoms with Crippen molar-refractivity contribution in [3.05, 3.63) is 90.0 Å². The maximum atomic E-state index is 5.85. The van der Waals surface area contributed by atoms with Crippen LogP contribution in [0.5, 0.6) is 5.75 Å². The molecular formula is C21H22N2O. The molecule has 4 N–H and O–H groups in total. The van der Waals surface area contributed by atoms with Crippen molar-refractivity contribution in [1.82, 2.24) is 0 Å². The average molecular weight is 318 g/mol. The van der Waals surface area contributed by atoms with E-state index in [1.54, 1.807) is 13.2 Å². The van der Waals surface area contributed by atoms with E-state index in [4.69, 9.17) is 16.2 Å². The van der Waals surface area contributed by atoms with Gasteiger partial charge in [0, 0.05) is 11.4 Å². The first kappa shape index (κ1) is 17.2. The third-order valence-corrected chi connectivity index (χ3v) is 3.34. The number of nitrogen functional groups attached to an aromatic ring is 2. The Labute approximate surface area is 143 Å². The minimum Gasteiger partial charge on any atom is -0.497 e. The van der Waals surface area contributed by atoms with E-state index in [2.05, 4.69) is 0 Å². The predicted molar refractivity (Wildman–Crippen MR) is 104 cm³/mol. The van der Waals surface area contributed by atoms with Gasteiger partial charge in [0.05, 0.1) is 7.11 Å². The van der Waals surface area contributed by atoms with E-state index in [9.17, 15) is 0 Å². The first-order chi connectivity index (χ1) is 11.7. The van der Waals surface area contributed by atoms with E-state index < -0.39 is 0 Å². The quantitative estimate of drug-likeness (QED) is 0.543. The first-order valence-electron chi connectivity index (χ1n) is 7.66. The molecule has 0 aliphatic carbocycles. The second-order valence-electron chi connectivity index (χ2n) is 5.15. The molecule has 0 heterocycles. The molecule has 0 fully saturated rings. The zero-order valence-electron chi connectivity index (χ0n) is 13.7. The summed E-state index contributed by atoms with van der Waals surface area (Å²) in [7, 11) is 1.66. The number of anilines is 2. The minimum atomic E-state index is 0.689. The second-order valence-corrected chi connectivity index (χ2v) is 5.15. The molecule has 0 atom stereocenters. The molecule has 0 aliphatic heterocycles. The number of para-hydroxylation sites is 1. The lowest BCUT2D eigenvalue weighted by atomic mass is 10.1. The highest BCUT2D eigenvalue weighted by Crippen LogP contribution is 2.18. The van der Waals surface area contributed by atoms with Gasteiger partial charge in [-0.25, -0.2) is 0 Å². The van der Waals surface area contributed by atoms with Gasteiger partial charge in [0.15, 0.2) is 0 Å². The van der Waals surface area contributed by atoms with Crippen molar-refractivity contribution in [2.75, 3.05) is 18.6 Å². The monoisotopic (exact) mass is 318 g/mol. The molecule has 3 nitrogen and oxygen atoms in total. The Morgan fingerprint density at radius 3 is 1.92 bits per heavy atom. The van der Waals surface area contributed by atoms with Crippen LogP contribution in [0.2, 0.25) is 0 Å². The second kappa shape index (κ2) is 9.06. The molecule has 0 saturated carbocycles. The smallest absolute Gasteiger partial charge is 0.118 e. The van der Waals surface area contributed by atoms with Crippen molar-refractivity contribution in [3.63, 3.8) is 0 Å². The lowest BCUT2D eigenvalue weighted by molar-refractivity contribution is 0.415. The molecule has 3 rings (SSSR count). The number of ether oxygens (including phenoxy) is 1. The van der Waals surface area contributed by atoms with E-state index in [1.165, 1.54) is 0 Å². The Morgan fingerprint density at radius 2 is 1.38 bits per heavy atom. The van der Waals surface area contributed by atoms with E-state index in [0.717, 1.165) is 16.9 Å². The topological polar surface area (TPSA) is 61.3 Å². The maximum Gasteiger partial charge on any atom is 0.118 e. The summed E-state index contributed by atoms with van der Waals surface area (Å²) in [5.74, 6) is 0.910. The number of hydrogen-bond donors (Lipinski definition) is 2. The first-order valence-corrected chi connectivity index (χ1v) is 7.66. The summed E-state index contributed by atoms with van der Waals surface area (Å²) in [6.07, 6.45) is 4.02. The van der Waals surface area contributed by atoms with Crippen molar-refractivity contribution >= 4 is 23.5 Å². The van der Waals surface area contributed by atoms with Gasteiger partial charge in [-0.3, -0.25) is 0 Å². The highest BCUT2D eigenvalue weighted by molar-refractivity contribution is 5.77. The molecule has 122 valence electrons. The highest BCUT2D eigenvalue weighted by Gasteiger charge is 1.94. The van der Waals surface area contributed by atoms with Crippen LogP contribution in [-0.2, 0) is 0 Å². The van der Waals surface area contributed by atoms with E-state index in [1.807, 2.05) is 84.9 Å². The number of rotatable bonds is 3. The van der Waals surface area contributed by atoms with Gasteiger partial charge in [0.2, 0.25) is 0 Å². The molecule has 0 unspecified atom stereocenters. The third kappa shape index (κ3) is 5.54. The SMILES string of the molecule is COc1ccccc1.Nc1ccc(C=Cc2ccccc2)c(N)c1. The van der Waals surface area contributed by atoms with Gasteiger partial charge in [0.25, 0.3) is 0 Å². The van der Waals surface area contributed by atoms with Crippen LogP contribution in [0, 0.1) is 0 Å². The Bertz CT molecular complexity index is 768. The maximum absolute atomic E-state index is 5.85. The van der Waals surface area contributed by atoms with Gasteiger partial charge >= 0.3 is 0 Å². The van der Waals surface area contributed by atoms with Crippen LogP contribution in [0.3, 0.4) is 0 Å². The van der Waals surface area contributed by atoms with Gasteiger partial charge in [-0.05, 0) is 35.4 Å². The van der Waals surface area contributed by atoms with Crippen LogP contribution < -0.4 is 16.2 Å². The molecule has 3 aromatic carbocycles. The zero-order valence-corrected chi connectivity index (χ0v) is 13.7. The summed E-state index contributed by atoms with van der Waals surface area (Å²) >= 11 is 0. The van der Waals surface area contributed by atoms with Crippen LogP contribution in [-0.4, -0.2) is 7.11 Å². The van der Waals surface area contributed by atoms with Crippen LogP contribution >= 0.6 is 0 Å². The Kier molecular flexibility index (Phi) is 6.47. The van der Waals surface area contributed by atoms with Crippen molar-refractivity contribution in [3.8, 4) is 5.75 Å². The summed E-state index contributed by atoms with van der Waals surface area (Å²) in [6.45, 7) is 0. The molecule has 0 spiro atoms. The van der Waals surface area contributed by atoms with Crippen LogP contribution in [0.25, 0.3) is 12.2 Å². The summed E-state index contributed by atoms with van der Waals surface area (Å²) in [5, 5.41) is 0. The Morgan fingerprint density at radius 1 is 0.750 bits per heavy atom. The zero-order chi connectivity index (χ0) is 17.2. The fourth-order valence-electron chi connectivity index (χ4n) is 2.05. The van der Waals surface area contributed by atoms with Crippen molar-refractivity contribution in [2.45, 2.75) is 0 Å². The van der Waals surface area contributed by atoms with Crippen LogP contribution in [0.15, 0.2) is 78.9 Å². The molecule has 0 radical (unpaired) electrons. The number of hydrogen-bond acceptors (Lipinski definition) is 3. The van der Waals surface area contributed by atoms with Crippen molar-refractivity contribution in [1.29, 1.82) is 0 Å². The molecule has 0 amide bonds. The molecule has 24 heavy (non-hydrogen) atoms. The third-order valence-electron chi connectivity index (χ3n) is 3.34. The largest absolute Gasteiger partial charge is 0.497 e. The lowest BCUT2D eigenvalue weighted by Gasteiger charge is -2.01. The van der Waals surface area contributed by atoms with Crippen molar-refractivity contribution < 1.29 is 4.74 Å². The molecule has 3 aromatic rings. The standard InChI is InChI=1S/C14H14N2.C7H8O/c15-13-9-8-12(14(16)10-13)7-6-11-4-2-1-3-5-11;1-8-7-5-3-2-4-6-7/h1-10H,15-16H2;2-6H,1H3.